The van der Waals surface area contributed by atoms with Crippen molar-refractivity contribution in [3.05, 3.63) is 29.8 Å². The molecule has 0 fully saturated rings. The number of hydrogen-bond acceptors (Lipinski definition) is 4. The molecule has 0 saturated carbocycles. The normalized spacial score (nSPS) is 12.7. The van der Waals surface area contributed by atoms with Crippen LogP contribution >= 0.6 is 0 Å². The third kappa shape index (κ3) is 4.99. The Morgan fingerprint density at radius 1 is 1.32 bits per heavy atom. The lowest BCUT2D eigenvalue weighted by Gasteiger charge is -2.30. The third-order valence-corrected chi connectivity index (χ3v) is 4.40. The van der Waals surface area contributed by atoms with Crippen molar-refractivity contribution in [1.29, 1.82) is 0 Å². The van der Waals surface area contributed by atoms with Gasteiger partial charge in [-0.2, -0.15) is 0 Å². The summed E-state index contributed by atoms with van der Waals surface area (Å²) in [6.07, 6.45) is 1.48. The molecular formula is C15H24N2O4S. The van der Waals surface area contributed by atoms with Crippen LogP contribution in [-0.4, -0.2) is 46.9 Å². The summed E-state index contributed by atoms with van der Waals surface area (Å²) in [5, 5.41) is 2.70. The minimum absolute atomic E-state index is 0.328. The van der Waals surface area contributed by atoms with Crippen molar-refractivity contribution in [1.82, 2.24) is 5.32 Å². The molecule has 7 heteroatoms. The molecule has 6 nitrogen and oxygen atoms in total. The summed E-state index contributed by atoms with van der Waals surface area (Å²) in [5.41, 5.74) is 1.51. The minimum Gasteiger partial charge on any atom is -0.383 e. The molecule has 1 aromatic rings. The molecule has 1 amide bonds. The number of aryl methyl sites for hydroxylation is 1. The van der Waals surface area contributed by atoms with Gasteiger partial charge in [0, 0.05) is 13.7 Å². The van der Waals surface area contributed by atoms with Crippen LogP contribution in [0, 0.1) is 6.92 Å². The molecule has 1 atom stereocenters. The van der Waals surface area contributed by atoms with Gasteiger partial charge >= 0.3 is 0 Å². The number of carbonyl (C=O) groups is 1. The van der Waals surface area contributed by atoms with Gasteiger partial charge in [0.15, 0.2) is 0 Å². The van der Waals surface area contributed by atoms with E-state index in [0.29, 0.717) is 25.3 Å². The fraction of sp³-hybridized carbons (Fsp3) is 0.533. The van der Waals surface area contributed by atoms with Crippen LogP contribution in [0.5, 0.6) is 0 Å². The van der Waals surface area contributed by atoms with E-state index in [0.717, 1.165) is 11.8 Å². The van der Waals surface area contributed by atoms with Gasteiger partial charge in [-0.3, -0.25) is 9.10 Å². The highest BCUT2D eigenvalue weighted by Crippen LogP contribution is 2.22. The van der Waals surface area contributed by atoms with Crippen LogP contribution in [0.4, 0.5) is 5.69 Å². The van der Waals surface area contributed by atoms with E-state index >= 15 is 0 Å². The number of amides is 1. The van der Waals surface area contributed by atoms with Gasteiger partial charge < -0.3 is 10.1 Å². The van der Waals surface area contributed by atoms with E-state index in [-0.39, 0.29) is 5.91 Å². The summed E-state index contributed by atoms with van der Waals surface area (Å²) in [6.45, 7) is 4.43. The Balaban J connectivity index is 3.08. The van der Waals surface area contributed by atoms with E-state index < -0.39 is 16.1 Å². The van der Waals surface area contributed by atoms with Crippen LogP contribution < -0.4 is 9.62 Å². The van der Waals surface area contributed by atoms with E-state index in [4.69, 9.17) is 4.74 Å². The molecular weight excluding hydrogens is 304 g/mol. The molecule has 1 aromatic carbocycles. The van der Waals surface area contributed by atoms with Crippen LogP contribution in [0.2, 0.25) is 0 Å². The number of methoxy groups -OCH3 is 1. The minimum atomic E-state index is -3.58. The predicted octanol–water partition coefficient (Wildman–Crippen LogP) is 1.30. The van der Waals surface area contributed by atoms with Crippen molar-refractivity contribution < 1.29 is 17.9 Å². The van der Waals surface area contributed by atoms with E-state index in [1.165, 1.54) is 4.31 Å². The molecule has 0 saturated heterocycles. The van der Waals surface area contributed by atoms with Gasteiger partial charge in [-0.15, -0.1) is 0 Å². The first-order valence-electron chi connectivity index (χ1n) is 7.14. The van der Waals surface area contributed by atoms with Crippen LogP contribution in [0.15, 0.2) is 24.3 Å². The highest BCUT2D eigenvalue weighted by Gasteiger charge is 2.31. The third-order valence-electron chi connectivity index (χ3n) is 3.22. The van der Waals surface area contributed by atoms with Crippen LogP contribution in [0.1, 0.15) is 18.9 Å². The Kier molecular flexibility index (Phi) is 6.83. The maximum absolute atomic E-state index is 12.3. The molecule has 0 bridgehead atoms. The van der Waals surface area contributed by atoms with Crippen molar-refractivity contribution in [3.8, 4) is 0 Å². The van der Waals surface area contributed by atoms with Gasteiger partial charge in [0.25, 0.3) is 0 Å². The highest BCUT2D eigenvalue weighted by atomic mass is 32.2. The van der Waals surface area contributed by atoms with Gasteiger partial charge in [0.2, 0.25) is 15.9 Å². The number of anilines is 1. The largest absolute Gasteiger partial charge is 0.383 e. The SMILES string of the molecule is CCC(C(=O)NCCOC)N(c1ccc(C)cc1)S(C)(=O)=O. The van der Waals surface area contributed by atoms with Gasteiger partial charge in [0.05, 0.1) is 18.6 Å². The summed E-state index contributed by atoms with van der Waals surface area (Å²) >= 11 is 0. The quantitative estimate of drug-likeness (QED) is 0.730. The van der Waals surface area contributed by atoms with Gasteiger partial charge in [-0.25, -0.2) is 8.42 Å². The molecule has 124 valence electrons. The second-order valence-electron chi connectivity index (χ2n) is 5.10. The molecule has 0 aliphatic heterocycles. The molecule has 0 aliphatic rings. The predicted molar refractivity (Wildman–Crippen MR) is 87.5 cm³/mol. The average Bonchev–Trinajstić information content (AvgIpc) is 2.44. The fourth-order valence-electron chi connectivity index (χ4n) is 2.15. The maximum atomic E-state index is 12.3. The molecule has 1 unspecified atom stereocenters. The Morgan fingerprint density at radius 2 is 1.91 bits per heavy atom. The maximum Gasteiger partial charge on any atom is 0.243 e. The second kappa shape index (κ2) is 8.14. The Bertz CT molecular complexity index is 584. The lowest BCUT2D eigenvalue weighted by Crippen LogP contribution is -2.49. The summed E-state index contributed by atoms with van der Waals surface area (Å²) in [5.74, 6) is -0.328. The second-order valence-corrected chi connectivity index (χ2v) is 6.96. The number of benzene rings is 1. The van der Waals surface area contributed by atoms with Gasteiger partial charge in [0.1, 0.15) is 6.04 Å². The molecule has 1 N–H and O–H groups in total. The highest BCUT2D eigenvalue weighted by molar-refractivity contribution is 7.92. The smallest absolute Gasteiger partial charge is 0.243 e. The first kappa shape index (κ1) is 18.4. The zero-order chi connectivity index (χ0) is 16.8. The van der Waals surface area contributed by atoms with Crippen molar-refractivity contribution >= 4 is 21.6 Å². The number of sulfonamides is 1. The molecule has 1 rings (SSSR count). The molecule has 0 heterocycles. The lowest BCUT2D eigenvalue weighted by atomic mass is 10.1. The Hall–Kier alpha value is -1.60. The molecule has 22 heavy (non-hydrogen) atoms. The fourth-order valence-corrected chi connectivity index (χ4v) is 3.36. The van der Waals surface area contributed by atoms with E-state index in [1.807, 2.05) is 19.1 Å². The van der Waals surface area contributed by atoms with Crippen LogP contribution in [0.25, 0.3) is 0 Å². The summed E-state index contributed by atoms with van der Waals surface area (Å²) in [7, 11) is -2.04. The number of rotatable bonds is 8. The number of hydrogen-bond donors (Lipinski definition) is 1. The number of nitrogens with one attached hydrogen (secondary N) is 1. The van der Waals surface area contributed by atoms with Crippen molar-refractivity contribution in [2.45, 2.75) is 26.3 Å². The van der Waals surface area contributed by atoms with Crippen molar-refractivity contribution in [3.63, 3.8) is 0 Å². The van der Waals surface area contributed by atoms with Gasteiger partial charge in [-0.05, 0) is 25.5 Å². The molecule has 0 aliphatic carbocycles. The molecule has 0 aromatic heterocycles. The van der Waals surface area contributed by atoms with Crippen molar-refractivity contribution in [2.75, 3.05) is 30.8 Å². The average molecular weight is 328 g/mol. The van der Waals surface area contributed by atoms with Crippen LogP contribution in [0.3, 0.4) is 0 Å². The first-order chi connectivity index (χ1) is 10.3. The number of nitrogens with zero attached hydrogens (tertiary/aromatic N) is 1. The van der Waals surface area contributed by atoms with E-state index in [2.05, 4.69) is 5.32 Å². The first-order valence-corrected chi connectivity index (χ1v) is 8.98. The Morgan fingerprint density at radius 3 is 2.36 bits per heavy atom. The van der Waals surface area contributed by atoms with Crippen LogP contribution in [-0.2, 0) is 19.6 Å². The topological polar surface area (TPSA) is 75.7 Å². The zero-order valence-electron chi connectivity index (χ0n) is 13.5. The summed E-state index contributed by atoms with van der Waals surface area (Å²) in [4.78, 5) is 12.3. The standard InChI is InChI=1S/C15H24N2O4S/c1-5-14(15(18)16-10-11-21-3)17(22(4,19)20)13-8-6-12(2)7-9-13/h6-9,14H,5,10-11H2,1-4H3,(H,16,18). The zero-order valence-corrected chi connectivity index (χ0v) is 14.3. The van der Waals surface area contributed by atoms with Gasteiger partial charge in [-0.1, -0.05) is 24.6 Å². The van der Waals surface area contributed by atoms with E-state index in [1.54, 1.807) is 26.2 Å². The summed E-state index contributed by atoms with van der Waals surface area (Å²) < 4.78 is 30.4. The Labute approximate surface area is 132 Å². The molecule has 0 radical (unpaired) electrons. The monoisotopic (exact) mass is 328 g/mol. The molecule has 0 spiro atoms. The summed E-state index contributed by atoms with van der Waals surface area (Å²) in [6, 6.07) is 6.28. The van der Waals surface area contributed by atoms with E-state index in [9.17, 15) is 13.2 Å². The number of ether oxygens (including phenoxy) is 1. The number of carbonyl (C=O) groups excluding carboxylic acids is 1. The van der Waals surface area contributed by atoms with Crippen molar-refractivity contribution in [2.24, 2.45) is 0 Å². The lowest BCUT2D eigenvalue weighted by molar-refractivity contribution is -0.122.